The molecule has 1 aliphatic heterocycles. The lowest BCUT2D eigenvalue weighted by Crippen LogP contribution is -2.41. The minimum absolute atomic E-state index is 0.318. The highest BCUT2D eigenvalue weighted by Gasteiger charge is 2.37. The van der Waals surface area contributed by atoms with E-state index >= 15 is 0 Å². The maximum absolute atomic E-state index is 12.8. The molecule has 2 heteroatoms. The third-order valence-corrected chi connectivity index (χ3v) is 5.42. The van der Waals surface area contributed by atoms with Crippen molar-refractivity contribution in [2.24, 2.45) is 5.92 Å². The molecule has 21 heavy (non-hydrogen) atoms. The number of hydrogen-bond acceptors (Lipinski definition) is 1. The summed E-state index contributed by atoms with van der Waals surface area (Å²) in [5.41, 5.74) is 1.40. The third-order valence-electron chi connectivity index (χ3n) is 5.42. The summed E-state index contributed by atoms with van der Waals surface area (Å²) in [5, 5.41) is 0. The summed E-state index contributed by atoms with van der Waals surface area (Å²) in [7, 11) is 0. The van der Waals surface area contributed by atoms with Gasteiger partial charge in [0.25, 0.3) is 0 Å². The molecule has 1 aromatic carbocycles. The topological polar surface area (TPSA) is 20.3 Å². The maximum atomic E-state index is 12.8. The highest BCUT2D eigenvalue weighted by Crippen LogP contribution is 2.36. The second-order valence-corrected chi connectivity index (χ2v) is 6.65. The smallest absolute Gasteiger partial charge is 0.225 e. The predicted molar refractivity (Wildman–Crippen MR) is 86.2 cm³/mol. The van der Waals surface area contributed by atoms with Gasteiger partial charge in [-0.2, -0.15) is 0 Å². The summed E-state index contributed by atoms with van der Waals surface area (Å²) in [4.78, 5) is 15.1. The first kappa shape index (κ1) is 14.6. The Hall–Kier alpha value is -1.31. The van der Waals surface area contributed by atoms with E-state index in [1.54, 1.807) is 0 Å². The zero-order valence-corrected chi connectivity index (χ0v) is 13.1. The van der Waals surface area contributed by atoms with Crippen LogP contribution >= 0.6 is 0 Å². The Morgan fingerprint density at radius 2 is 1.86 bits per heavy atom. The number of hydrogen-bond donors (Lipinski definition) is 0. The van der Waals surface area contributed by atoms with E-state index < -0.39 is 0 Å². The van der Waals surface area contributed by atoms with Crippen molar-refractivity contribution in [3.8, 4) is 0 Å². The molecule has 1 saturated heterocycles. The summed E-state index contributed by atoms with van der Waals surface area (Å²) < 4.78 is 0. The Morgan fingerprint density at radius 3 is 2.52 bits per heavy atom. The Balaban J connectivity index is 1.77. The summed E-state index contributed by atoms with van der Waals surface area (Å²) in [6.45, 7) is 3.23. The summed E-state index contributed by atoms with van der Waals surface area (Å²) in [6, 6.07) is 11.2. The van der Waals surface area contributed by atoms with Gasteiger partial charge in [0.05, 0.1) is 0 Å². The molecule has 0 N–H and O–H groups in total. The fraction of sp³-hybridized carbons (Fsp3) is 0.632. The standard InChI is InChI=1S/C19H27NO/c1-2-17(15-9-4-3-5-10-15)18-13-8-14-20(18)19(21)16-11-6-7-12-16/h3-5,9-10,16-18H,2,6-8,11-14H2,1H3/t17-,18-/m0/s1. The number of carbonyl (C=O) groups excluding carboxylic acids is 1. The molecule has 2 fully saturated rings. The molecule has 2 nitrogen and oxygen atoms in total. The first-order chi connectivity index (χ1) is 10.3. The molecule has 1 heterocycles. The number of likely N-dealkylation sites (tertiary alicyclic amines) is 1. The van der Waals surface area contributed by atoms with Gasteiger partial charge in [-0.3, -0.25) is 4.79 Å². The highest BCUT2D eigenvalue weighted by molar-refractivity contribution is 5.79. The molecule has 2 aliphatic rings. The normalized spacial score (nSPS) is 24.4. The lowest BCUT2D eigenvalue weighted by atomic mass is 9.87. The van der Waals surface area contributed by atoms with Crippen LogP contribution in [0, 0.1) is 5.92 Å². The van der Waals surface area contributed by atoms with Crippen molar-refractivity contribution in [1.29, 1.82) is 0 Å². The van der Waals surface area contributed by atoms with E-state index in [-0.39, 0.29) is 0 Å². The first-order valence-corrected chi connectivity index (χ1v) is 8.66. The van der Waals surface area contributed by atoms with Gasteiger partial charge in [-0.15, -0.1) is 0 Å². The van der Waals surface area contributed by atoms with Gasteiger partial charge < -0.3 is 4.90 Å². The molecular formula is C19H27NO. The summed E-state index contributed by atoms with van der Waals surface area (Å²) in [5.74, 6) is 1.27. The number of carbonyl (C=O) groups is 1. The van der Waals surface area contributed by atoms with Gasteiger partial charge in [0, 0.05) is 24.4 Å². The van der Waals surface area contributed by atoms with Crippen LogP contribution in [0.5, 0.6) is 0 Å². The summed E-state index contributed by atoms with van der Waals surface area (Å²) in [6.07, 6.45) is 8.17. The number of amides is 1. The van der Waals surface area contributed by atoms with Crippen molar-refractivity contribution in [2.75, 3.05) is 6.54 Å². The molecule has 1 aliphatic carbocycles. The Bertz CT molecular complexity index is 464. The van der Waals surface area contributed by atoms with Gasteiger partial charge >= 0.3 is 0 Å². The van der Waals surface area contributed by atoms with E-state index in [4.69, 9.17) is 0 Å². The molecule has 0 radical (unpaired) electrons. The highest BCUT2D eigenvalue weighted by atomic mass is 16.2. The van der Waals surface area contributed by atoms with Crippen molar-refractivity contribution in [1.82, 2.24) is 4.90 Å². The zero-order valence-electron chi connectivity index (χ0n) is 13.1. The van der Waals surface area contributed by atoms with Crippen LogP contribution in [0.4, 0.5) is 0 Å². The largest absolute Gasteiger partial charge is 0.339 e. The molecule has 3 rings (SSSR count). The molecule has 0 spiro atoms. The second-order valence-electron chi connectivity index (χ2n) is 6.65. The molecule has 114 valence electrons. The Morgan fingerprint density at radius 1 is 1.14 bits per heavy atom. The van der Waals surface area contributed by atoms with Crippen molar-refractivity contribution in [2.45, 2.75) is 63.8 Å². The van der Waals surface area contributed by atoms with Crippen molar-refractivity contribution < 1.29 is 4.79 Å². The predicted octanol–water partition coefficient (Wildman–Crippen LogP) is 4.36. The molecule has 1 amide bonds. The van der Waals surface area contributed by atoms with Gasteiger partial charge in [0.1, 0.15) is 0 Å². The van der Waals surface area contributed by atoms with Crippen LogP contribution < -0.4 is 0 Å². The van der Waals surface area contributed by atoms with Crippen LogP contribution in [0.25, 0.3) is 0 Å². The third kappa shape index (κ3) is 3.00. The maximum Gasteiger partial charge on any atom is 0.225 e. The minimum atomic E-state index is 0.318. The van der Waals surface area contributed by atoms with Gasteiger partial charge in [-0.25, -0.2) is 0 Å². The average molecular weight is 285 g/mol. The number of rotatable bonds is 4. The quantitative estimate of drug-likeness (QED) is 0.805. The average Bonchev–Trinajstić information content (AvgIpc) is 3.20. The van der Waals surface area contributed by atoms with E-state index in [9.17, 15) is 4.79 Å². The van der Waals surface area contributed by atoms with Crippen LogP contribution in [0.15, 0.2) is 30.3 Å². The second kappa shape index (κ2) is 6.64. The molecule has 0 aromatic heterocycles. The lowest BCUT2D eigenvalue weighted by molar-refractivity contribution is -0.136. The minimum Gasteiger partial charge on any atom is -0.339 e. The number of benzene rings is 1. The van der Waals surface area contributed by atoms with Gasteiger partial charge in [0.15, 0.2) is 0 Å². The number of nitrogens with zero attached hydrogens (tertiary/aromatic N) is 1. The molecule has 0 bridgehead atoms. The van der Waals surface area contributed by atoms with Gasteiger partial charge in [-0.1, -0.05) is 50.1 Å². The van der Waals surface area contributed by atoms with Crippen LogP contribution in [0.2, 0.25) is 0 Å². The van der Waals surface area contributed by atoms with E-state index in [0.717, 1.165) is 25.8 Å². The van der Waals surface area contributed by atoms with Crippen molar-refractivity contribution in [3.63, 3.8) is 0 Å². The van der Waals surface area contributed by atoms with Crippen molar-refractivity contribution >= 4 is 5.91 Å². The lowest BCUT2D eigenvalue weighted by Gasteiger charge is -2.33. The van der Waals surface area contributed by atoms with E-state index in [2.05, 4.69) is 42.2 Å². The fourth-order valence-corrected chi connectivity index (χ4v) is 4.32. The SMILES string of the molecule is CC[C@@H](c1ccccc1)[C@@H]1CCCN1C(=O)C1CCCC1. The zero-order chi connectivity index (χ0) is 14.7. The summed E-state index contributed by atoms with van der Waals surface area (Å²) >= 11 is 0. The van der Waals surface area contributed by atoms with E-state index in [0.29, 0.717) is 23.8 Å². The Kier molecular flexibility index (Phi) is 4.62. The molecular weight excluding hydrogens is 258 g/mol. The van der Waals surface area contributed by atoms with Crippen molar-refractivity contribution in [3.05, 3.63) is 35.9 Å². The van der Waals surface area contributed by atoms with Crippen LogP contribution in [0.3, 0.4) is 0 Å². The van der Waals surface area contributed by atoms with Crippen LogP contribution in [-0.4, -0.2) is 23.4 Å². The van der Waals surface area contributed by atoms with Gasteiger partial charge in [-0.05, 0) is 37.7 Å². The van der Waals surface area contributed by atoms with E-state index in [1.807, 2.05) is 0 Å². The van der Waals surface area contributed by atoms with Gasteiger partial charge in [0.2, 0.25) is 5.91 Å². The Labute approximate surface area is 128 Å². The monoisotopic (exact) mass is 285 g/mol. The molecule has 1 aromatic rings. The molecule has 1 saturated carbocycles. The van der Waals surface area contributed by atoms with Crippen LogP contribution in [-0.2, 0) is 4.79 Å². The molecule has 2 atom stereocenters. The van der Waals surface area contributed by atoms with Crippen LogP contribution in [0.1, 0.15) is 63.4 Å². The fourth-order valence-electron chi connectivity index (χ4n) is 4.32. The molecule has 0 unspecified atom stereocenters. The first-order valence-electron chi connectivity index (χ1n) is 8.66. The van der Waals surface area contributed by atoms with E-state index in [1.165, 1.54) is 31.2 Å².